The van der Waals surface area contributed by atoms with E-state index in [1.807, 2.05) is 11.0 Å². The predicted molar refractivity (Wildman–Crippen MR) is 126 cm³/mol. The topological polar surface area (TPSA) is 54.3 Å². The molecular weight excluding hydrogens is 418 g/mol. The Balaban J connectivity index is 1.46. The summed E-state index contributed by atoms with van der Waals surface area (Å²) < 4.78 is 2.16. The van der Waals surface area contributed by atoms with Crippen LogP contribution in [0.5, 0.6) is 0 Å². The van der Waals surface area contributed by atoms with Gasteiger partial charge in [0.25, 0.3) is 5.91 Å². The second-order valence-electron chi connectivity index (χ2n) is 10.1. The van der Waals surface area contributed by atoms with Gasteiger partial charge in [-0.25, -0.2) is 0 Å². The third-order valence-electron chi connectivity index (χ3n) is 8.08. The summed E-state index contributed by atoms with van der Waals surface area (Å²) in [7, 11) is 0. The minimum absolute atomic E-state index is 0.0149. The lowest BCUT2D eigenvalue weighted by Gasteiger charge is -2.36. The smallest absolute Gasteiger partial charge is 0.258 e. The van der Waals surface area contributed by atoms with Gasteiger partial charge in [-0.2, -0.15) is 0 Å². The average molecular weight is 452 g/mol. The summed E-state index contributed by atoms with van der Waals surface area (Å²) in [6.07, 6.45) is 16.5. The fraction of sp³-hybridized carbons (Fsp3) is 0.615. The number of amides is 2. The Bertz CT molecular complexity index is 1030. The third-order valence-corrected chi connectivity index (χ3v) is 9.37. The maximum absolute atomic E-state index is 14.3. The Morgan fingerprint density at radius 3 is 2.53 bits per heavy atom. The predicted octanol–water partition coefficient (Wildman–Crippen LogP) is 5.31. The number of aromatic nitrogens is 1. The van der Waals surface area contributed by atoms with Crippen molar-refractivity contribution in [2.24, 2.45) is 0 Å². The molecule has 5 nitrogen and oxygen atoms in total. The van der Waals surface area contributed by atoms with Crippen LogP contribution in [0.3, 0.4) is 0 Å². The van der Waals surface area contributed by atoms with E-state index in [9.17, 15) is 9.59 Å². The number of hydrogen-bond acceptors (Lipinski definition) is 3. The number of aryl methyl sites for hydroxylation is 1. The van der Waals surface area contributed by atoms with Crippen LogP contribution in [-0.2, 0) is 17.6 Å². The first-order valence-electron chi connectivity index (χ1n) is 12.7. The molecule has 3 heterocycles. The van der Waals surface area contributed by atoms with E-state index in [1.54, 1.807) is 11.3 Å². The zero-order chi connectivity index (χ0) is 21.7. The van der Waals surface area contributed by atoms with Crippen molar-refractivity contribution in [3.05, 3.63) is 40.0 Å². The van der Waals surface area contributed by atoms with Crippen molar-refractivity contribution in [2.45, 2.75) is 102 Å². The number of nitrogens with zero attached hydrogens (tertiary/aromatic N) is 2. The number of thiophene rings is 1. The van der Waals surface area contributed by atoms with Crippen LogP contribution in [0.2, 0.25) is 0 Å². The molecule has 6 rings (SSSR count). The van der Waals surface area contributed by atoms with Gasteiger partial charge >= 0.3 is 0 Å². The zero-order valence-electron chi connectivity index (χ0n) is 18.8. The van der Waals surface area contributed by atoms with Crippen LogP contribution < -0.4 is 5.32 Å². The second-order valence-corrected chi connectivity index (χ2v) is 11.2. The van der Waals surface area contributed by atoms with Crippen molar-refractivity contribution in [1.82, 2.24) is 14.8 Å². The first-order valence-corrected chi connectivity index (χ1v) is 13.5. The summed E-state index contributed by atoms with van der Waals surface area (Å²) in [5.74, 6) is 0.111. The zero-order valence-corrected chi connectivity index (χ0v) is 19.6. The summed E-state index contributed by atoms with van der Waals surface area (Å²) in [4.78, 5) is 31.5. The van der Waals surface area contributed by atoms with Gasteiger partial charge in [0.05, 0.1) is 11.3 Å². The van der Waals surface area contributed by atoms with Crippen LogP contribution in [0.25, 0.3) is 5.00 Å². The Hall–Kier alpha value is -2.08. The van der Waals surface area contributed by atoms with Crippen molar-refractivity contribution in [2.75, 3.05) is 0 Å². The molecule has 6 heteroatoms. The van der Waals surface area contributed by atoms with Crippen LogP contribution in [0, 0.1) is 0 Å². The molecule has 1 aliphatic heterocycles. The summed E-state index contributed by atoms with van der Waals surface area (Å²) in [5.41, 5.74) is 3.11. The first kappa shape index (κ1) is 20.5. The Labute approximate surface area is 194 Å². The van der Waals surface area contributed by atoms with Gasteiger partial charge in [-0.3, -0.25) is 9.59 Å². The molecule has 2 saturated carbocycles. The number of fused-ring (bicyclic) bond motifs is 5. The van der Waals surface area contributed by atoms with Crippen molar-refractivity contribution in [3.8, 4) is 5.00 Å². The fourth-order valence-electron chi connectivity index (χ4n) is 6.48. The number of carbonyl (C=O) groups excluding carboxylic acids is 2. The highest BCUT2D eigenvalue weighted by molar-refractivity contribution is 7.15. The maximum Gasteiger partial charge on any atom is 0.258 e. The maximum atomic E-state index is 14.3. The van der Waals surface area contributed by atoms with Crippen LogP contribution in [0.15, 0.2) is 18.3 Å². The molecule has 2 fully saturated rings. The van der Waals surface area contributed by atoms with Crippen LogP contribution in [0.4, 0.5) is 0 Å². The number of nitrogens with one attached hydrogen (secondary N) is 1. The standard InChI is InChI=1S/C26H33N3O2S/c30-24(27-17-9-2-1-3-10-17)23-20-14-8-16-28(20)26-22(19-13-6-7-15-21(19)32-26)25(31)29(23)18-11-4-5-12-18/h8,14,16-18,23H,1-7,9-13,15H2,(H,27,30). The van der Waals surface area contributed by atoms with Gasteiger partial charge in [-0.15, -0.1) is 11.3 Å². The van der Waals surface area contributed by atoms with Crippen molar-refractivity contribution < 1.29 is 9.59 Å². The van der Waals surface area contributed by atoms with Crippen LogP contribution in [0.1, 0.15) is 103 Å². The lowest BCUT2D eigenvalue weighted by atomic mass is 9.94. The summed E-state index contributed by atoms with van der Waals surface area (Å²) in [5, 5.41) is 4.40. The molecule has 2 aromatic rings. The van der Waals surface area contributed by atoms with Crippen molar-refractivity contribution in [1.29, 1.82) is 0 Å². The third kappa shape index (κ3) is 3.33. The molecule has 0 radical (unpaired) electrons. The SMILES string of the molecule is O=C(NC1CCCCC1)C1c2cccn2-c2sc3c(c2C(=O)N1C1CCCC1)CCCC3. The highest BCUT2D eigenvalue weighted by atomic mass is 32.1. The highest BCUT2D eigenvalue weighted by Gasteiger charge is 2.44. The first-order chi connectivity index (χ1) is 15.7. The van der Waals surface area contributed by atoms with E-state index in [4.69, 9.17) is 0 Å². The van der Waals surface area contributed by atoms with Gasteiger partial charge in [0.2, 0.25) is 5.91 Å². The number of carbonyl (C=O) groups is 2. The van der Waals surface area contributed by atoms with E-state index < -0.39 is 6.04 Å². The lowest BCUT2D eigenvalue weighted by Crippen LogP contribution is -2.50. The second kappa shape index (κ2) is 8.36. The fourth-order valence-corrected chi connectivity index (χ4v) is 7.86. The van der Waals surface area contributed by atoms with Gasteiger partial charge in [-0.05, 0) is 69.1 Å². The van der Waals surface area contributed by atoms with E-state index in [0.29, 0.717) is 0 Å². The lowest BCUT2D eigenvalue weighted by molar-refractivity contribution is -0.127. The van der Waals surface area contributed by atoms with Gasteiger partial charge in [-0.1, -0.05) is 32.1 Å². The molecule has 3 aliphatic carbocycles. The molecule has 4 aliphatic rings. The summed E-state index contributed by atoms with van der Waals surface area (Å²) in [6, 6.07) is 3.96. The van der Waals surface area contributed by atoms with E-state index in [2.05, 4.69) is 22.1 Å². The number of rotatable bonds is 3. The molecule has 1 unspecified atom stereocenters. The van der Waals surface area contributed by atoms with Gasteiger partial charge in [0.1, 0.15) is 5.00 Å². The van der Waals surface area contributed by atoms with E-state index in [1.165, 1.54) is 36.1 Å². The Morgan fingerprint density at radius 2 is 1.72 bits per heavy atom. The van der Waals surface area contributed by atoms with Gasteiger partial charge < -0.3 is 14.8 Å². The van der Waals surface area contributed by atoms with Gasteiger partial charge in [0, 0.05) is 23.2 Å². The largest absolute Gasteiger partial charge is 0.351 e. The normalized spacial score (nSPS) is 24.1. The molecule has 170 valence electrons. The van der Waals surface area contributed by atoms with E-state index >= 15 is 0 Å². The molecule has 0 saturated heterocycles. The van der Waals surface area contributed by atoms with Crippen LogP contribution >= 0.6 is 11.3 Å². The molecular formula is C26H33N3O2S. The summed E-state index contributed by atoms with van der Waals surface area (Å²) in [6.45, 7) is 0. The quantitative estimate of drug-likeness (QED) is 0.688. The molecule has 0 bridgehead atoms. The van der Waals surface area contributed by atoms with E-state index in [-0.39, 0.29) is 23.9 Å². The molecule has 0 spiro atoms. The summed E-state index contributed by atoms with van der Waals surface area (Å²) >= 11 is 1.78. The number of hydrogen-bond donors (Lipinski definition) is 1. The van der Waals surface area contributed by atoms with E-state index in [0.717, 1.165) is 74.0 Å². The molecule has 2 aromatic heterocycles. The highest BCUT2D eigenvalue weighted by Crippen LogP contribution is 2.44. The Kier molecular flexibility index (Phi) is 5.36. The minimum atomic E-state index is -0.540. The molecule has 32 heavy (non-hydrogen) atoms. The minimum Gasteiger partial charge on any atom is -0.351 e. The van der Waals surface area contributed by atoms with Crippen molar-refractivity contribution >= 4 is 23.2 Å². The monoisotopic (exact) mass is 451 g/mol. The average Bonchev–Trinajstić information content (AvgIpc) is 3.55. The Morgan fingerprint density at radius 1 is 0.969 bits per heavy atom. The van der Waals surface area contributed by atoms with Crippen LogP contribution in [-0.4, -0.2) is 33.4 Å². The van der Waals surface area contributed by atoms with Crippen molar-refractivity contribution in [3.63, 3.8) is 0 Å². The molecule has 1 atom stereocenters. The van der Waals surface area contributed by atoms with Gasteiger partial charge in [0.15, 0.2) is 6.04 Å². The molecule has 1 N–H and O–H groups in total. The molecule has 2 amide bonds. The molecule has 0 aromatic carbocycles.